The molecule has 110 valence electrons. The molecule has 0 atom stereocenters. The monoisotopic (exact) mass is 295 g/mol. The third-order valence-electron chi connectivity index (χ3n) is 3.08. The minimum Gasteiger partial charge on any atom is -0.484 e. The maximum atomic E-state index is 11.8. The van der Waals surface area contributed by atoms with E-state index >= 15 is 0 Å². The number of carbonyl (C=O) groups is 1. The number of ketones is 1. The molecule has 1 aromatic rings. The minimum absolute atomic E-state index is 0.0237. The highest BCUT2D eigenvalue weighted by Gasteiger charge is 2.21. The lowest BCUT2D eigenvalue weighted by Gasteiger charge is -2.17. The van der Waals surface area contributed by atoms with Gasteiger partial charge in [-0.15, -0.1) is 0 Å². The Balaban J connectivity index is 2.82. The smallest absolute Gasteiger partial charge is 0.175 e. The largest absolute Gasteiger partial charge is 0.484 e. The number of nitrogens with two attached hydrogens (primary N) is 1. The molecule has 3 nitrogen and oxygen atoms in total. The van der Waals surface area contributed by atoms with Gasteiger partial charge in [0.2, 0.25) is 0 Å². The molecule has 0 saturated heterocycles. The molecule has 0 radical (unpaired) electrons. The van der Waals surface area contributed by atoms with Crippen LogP contribution in [0.4, 0.5) is 0 Å². The van der Waals surface area contributed by atoms with Crippen molar-refractivity contribution < 1.29 is 9.53 Å². The van der Waals surface area contributed by atoms with Crippen molar-refractivity contribution in [1.82, 2.24) is 0 Å². The number of Topliss-reactive ketones (excluding diaryl/α,β-unsaturated/α-hetero) is 1. The number of benzene rings is 1. The Morgan fingerprint density at radius 2 is 2.05 bits per heavy atom. The van der Waals surface area contributed by atoms with Crippen molar-refractivity contribution in [3.63, 3.8) is 0 Å². The summed E-state index contributed by atoms with van der Waals surface area (Å²) in [5, 5.41) is 0.483. The van der Waals surface area contributed by atoms with Crippen molar-refractivity contribution >= 4 is 23.0 Å². The third-order valence-corrected chi connectivity index (χ3v) is 3.38. The molecular weight excluding hydrogens is 274 g/mol. The molecule has 0 saturated carbocycles. The quantitative estimate of drug-likeness (QED) is 0.892. The molecule has 0 spiro atoms. The average Bonchev–Trinajstić information content (AvgIpc) is 2.37. The van der Waals surface area contributed by atoms with Gasteiger partial charge in [-0.1, -0.05) is 45.4 Å². The van der Waals surface area contributed by atoms with E-state index in [-0.39, 0.29) is 12.4 Å². The zero-order valence-corrected chi connectivity index (χ0v) is 13.3. The van der Waals surface area contributed by atoms with Crippen LogP contribution in [-0.4, -0.2) is 12.4 Å². The van der Waals surface area contributed by atoms with E-state index in [0.717, 1.165) is 17.6 Å². The molecule has 0 unspecified atom stereocenters. The summed E-state index contributed by atoms with van der Waals surface area (Å²) in [6.07, 6.45) is 2.41. The fourth-order valence-corrected chi connectivity index (χ4v) is 1.83. The van der Waals surface area contributed by atoms with Gasteiger partial charge < -0.3 is 10.5 Å². The third kappa shape index (κ3) is 4.27. The first-order chi connectivity index (χ1) is 9.29. The molecular formula is C16H22ClNO2. The number of carbonyl (C=O) groups excluding carboxylic acids is 1. The Bertz CT molecular complexity index is 516. The van der Waals surface area contributed by atoms with E-state index in [9.17, 15) is 4.79 Å². The number of ether oxygens (including phenoxy) is 1. The standard InChI is InChI=1S/C16H22ClNO2/c1-5-11(9-18)12-6-7-14(13(17)8-12)20-10-15(19)16(2,3)4/h6-9H,5,10,18H2,1-4H3/b11-9+. The first-order valence-electron chi connectivity index (χ1n) is 6.66. The number of allylic oxidation sites excluding steroid dienone is 1. The fourth-order valence-electron chi connectivity index (χ4n) is 1.60. The van der Waals surface area contributed by atoms with Crippen LogP contribution in [0.5, 0.6) is 5.75 Å². The molecule has 2 N–H and O–H groups in total. The Hall–Kier alpha value is -1.48. The Kier molecular flexibility index (Phi) is 5.63. The zero-order chi connectivity index (χ0) is 15.3. The van der Waals surface area contributed by atoms with E-state index in [1.807, 2.05) is 33.8 Å². The van der Waals surface area contributed by atoms with Crippen molar-refractivity contribution in [1.29, 1.82) is 0 Å². The second-order valence-electron chi connectivity index (χ2n) is 5.65. The summed E-state index contributed by atoms with van der Waals surface area (Å²) in [4.78, 5) is 11.8. The summed E-state index contributed by atoms with van der Waals surface area (Å²) in [5.41, 5.74) is 7.14. The van der Waals surface area contributed by atoms with Gasteiger partial charge in [0, 0.05) is 5.41 Å². The van der Waals surface area contributed by atoms with Gasteiger partial charge in [0.1, 0.15) is 12.4 Å². The number of hydrogen-bond donors (Lipinski definition) is 1. The number of rotatable bonds is 5. The summed E-state index contributed by atoms with van der Waals surface area (Å²) in [6, 6.07) is 5.47. The SMILES string of the molecule is CC/C(=C\N)c1ccc(OCC(=O)C(C)(C)C)c(Cl)c1. The highest BCUT2D eigenvalue weighted by Crippen LogP contribution is 2.29. The van der Waals surface area contributed by atoms with Crippen molar-refractivity contribution in [3.8, 4) is 5.75 Å². The lowest BCUT2D eigenvalue weighted by molar-refractivity contribution is -0.128. The molecule has 0 aromatic heterocycles. The van der Waals surface area contributed by atoms with E-state index in [1.54, 1.807) is 18.3 Å². The van der Waals surface area contributed by atoms with Crippen LogP contribution >= 0.6 is 11.6 Å². The van der Waals surface area contributed by atoms with Crippen LogP contribution in [0.15, 0.2) is 24.4 Å². The normalized spacial score (nSPS) is 12.3. The topological polar surface area (TPSA) is 52.3 Å². The van der Waals surface area contributed by atoms with Gasteiger partial charge in [-0.2, -0.15) is 0 Å². The van der Waals surface area contributed by atoms with Gasteiger partial charge in [0.25, 0.3) is 0 Å². The van der Waals surface area contributed by atoms with Crippen molar-refractivity contribution in [2.45, 2.75) is 34.1 Å². The van der Waals surface area contributed by atoms with Crippen molar-refractivity contribution in [2.24, 2.45) is 11.1 Å². The Labute approximate surface area is 125 Å². The van der Waals surface area contributed by atoms with Crippen LogP contribution in [0.3, 0.4) is 0 Å². The highest BCUT2D eigenvalue weighted by molar-refractivity contribution is 6.32. The Morgan fingerprint density at radius 3 is 2.50 bits per heavy atom. The van der Waals surface area contributed by atoms with Crippen molar-refractivity contribution in [2.75, 3.05) is 6.61 Å². The van der Waals surface area contributed by atoms with Gasteiger partial charge in [0.05, 0.1) is 5.02 Å². The molecule has 4 heteroatoms. The van der Waals surface area contributed by atoms with Gasteiger partial charge >= 0.3 is 0 Å². The molecule has 0 aliphatic carbocycles. The van der Waals surface area contributed by atoms with Crippen LogP contribution in [0.2, 0.25) is 5.02 Å². The molecule has 1 rings (SSSR count). The number of halogens is 1. The fraction of sp³-hybridized carbons (Fsp3) is 0.438. The van der Waals surface area contributed by atoms with Gasteiger partial charge in [0.15, 0.2) is 5.78 Å². The van der Waals surface area contributed by atoms with E-state index in [2.05, 4.69) is 0 Å². The lowest BCUT2D eigenvalue weighted by Crippen LogP contribution is -2.26. The maximum Gasteiger partial charge on any atom is 0.175 e. The lowest BCUT2D eigenvalue weighted by atomic mass is 9.91. The maximum absolute atomic E-state index is 11.8. The molecule has 0 aliphatic rings. The Morgan fingerprint density at radius 1 is 1.40 bits per heavy atom. The van der Waals surface area contributed by atoms with Crippen LogP contribution < -0.4 is 10.5 Å². The molecule has 1 aromatic carbocycles. The summed E-state index contributed by atoms with van der Waals surface area (Å²) in [5.74, 6) is 0.550. The van der Waals surface area contributed by atoms with Crippen molar-refractivity contribution in [3.05, 3.63) is 35.0 Å². The van der Waals surface area contributed by atoms with Gasteiger partial charge in [-0.25, -0.2) is 0 Å². The van der Waals surface area contributed by atoms with E-state index in [0.29, 0.717) is 10.8 Å². The molecule has 0 aliphatic heterocycles. The summed E-state index contributed by atoms with van der Waals surface area (Å²) in [7, 11) is 0. The van der Waals surface area contributed by atoms with Crippen LogP contribution in [0.25, 0.3) is 5.57 Å². The highest BCUT2D eigenvalue weighted by atomic mass is 35.5. The molecule has 0 heterocycles. The second kappa shape index (κ2) is 6.80. The average molecular weight is 296 g/mol. The molecule has 0 fully saturated rings. The predicted octanol–water partition coefficient (Wildman–Crippen LogP) is 4.04. The van der Waals surface area contributed by atoms with E-state index in [1.165, 1.54) is 0 Å². The predicted molar refractivity (Wildman–Crippen MR) is 83.9 cm³/mol. The van der Waals surface area contributed by atoms with Gasteiger partial charge in [-0.05, 0) is 35.9 Å². The van der Waals surface area contributed by atoms with E-state index < -0.39 is 5.41 Å². The van der Waals surface area contributed by atoms with E-state index in [4.69, 9.17) is 22.1 Å². The minimum atomic E-state index is -0.413. The summed E-state index contributed by atoms with van der Waals surface area (Å²) >= 11 is 6.18. The van der Waals surface area contributed by atoms with Crippen LogP contribution in [-0.2, 0) is 4.79 Å². The first kappa shape index (κ1) is 16.6. The summed E-state index contributed by atoms with van der Waals surface area (Å²) < 4.78 is 5.49. The first-order valence-corrected chi connectivity index (χ1v) is 7.04. The summed E-state index contributed by atoms with van der Waals surface area (Å²) in [6.45, 7) is 7.64. The zero-order valence-electron chi connectivity index (χ0n) is 12.5. The molecule has 20 heavy (non-hydrogen) atoms. The van der Waals surface area contributed by atoms with Crippen LogP contribution in [0.1, 0.15) is 39.7 Å². The molecule has 0 bridgehead atoms. The number of hydrogen-bond acceptors (Lipinski definition) is 3. The van der Waals surface area contributed by atoms with Crippen LogP contribution in [0, 0.1) is 5.41 Å². The van der Waals surface area contributed by atoms with Gasteiger partial charge in [-0.3, -0.25) is 4.79 Å². The second-order valence-corrected chi connectivity index (χ2v) is 6.06. The molecule has 0 amide bonds.